The van der Waals surface area contributed by atoms with Crippen LogP contribution in [0.2, 0.25) is 0 Å². The van der Waals surface area contributed by atoms with Gasteiger partial charge in [0.1, 0.15) is 5.82 Å². The van der Waals surface area contributed by atoms with Gasteiger partial charge in [0.25, 0.3) is 0 Å². The summed E-state index contributed by atoms with van der Waals surface area (Å²) in [5, 5.41) is 0. The molecule has 4 nitrogen and oxygen atoms in total. The second-order valence-corrected chi connectivity index (χ2v) is 4.73. The van der Waals surface area contributed by atoms with Crippen LogP contribution in [0.4, 0.5) is 11.8 Å². The van der Waals surface area contributed by atoms with Gasteiger partial charge in [-0.15, -0.1) is 0 Å². The minimum absolute atomic E-state index is 0.199. The number of nitrogen functional groups attached to an aromatic ring is 2. The Labute approximate surface area is 107 Å². The summed E-state index contributed by atoms with van der Waals surface area (Å²) in [7, 11) is 0. The summed E-state index contributed by atoms with van der Waals surface area (Å²) in [5.74, 6) is 0.613. The van der Waals surface area contributed by atoms with Gasteiger partial charge in [0, 0.05) is 15.3 Å². The zero-order chi connectivity index (χ0) is 11.7. The van der Waals surface area contributed by atoms with Crippen LogP contribution >= 0.6 is 22.6 Å². The first kappa shape index (κ1) is 11.1. The number of hydrogen-bond acceptors (Lipinski definition) is 4. The van der Waals surface area contributed by atoms with E-state index in [-0.39, 0.29) is 5.95 Å². The van der Waals surface area contributed by atoms with Crippen LogP contribution in [-0.2, 0) is 0 Å². The van der Waals surface area contributed by atoms with Crippen LogP contribution in [0.3, 0.4) is 0 Å². The Hall–Kier alpha value is -1.37. The van der Waals surface area contributed by atoms with Gasteiger partial charge in [-0.3, -0.25) is 0 Å². The lowest BCUT2D eigenvalue weighted by atomic mass is 10.0. The predicted molar refractivity (Wildman–Crippen MR) is 73.7 cm³/mol. The lowest BCUT2D eigenvalue weighted by molar-refractivity contribution is 1.19. The van der Waals surface area contributed by atoms with Crippen molar-refractivity contribution < 1.29 is 0 Å². The smallest absolute Gasteiger partial charge is 0.221 e. The first-order valence-electron chi connectivity index (χ1n) is 4.72. The van der Waals surface area contributed by atoms with Gasteiger partial charge in [-0.25, -0.2) is 4.98 Å². The third kappa shape index (κ3) is 2.08. The Bertz CT molecular complexity index is 540. The first-order valence-corrected chi connectivity index (χ1v) is 5.80. The van der Waals surface area contributed by atoms with Crippen LogP contribution in [0.5, 0.6) is 0 Å². The SMILES string of the molecule is Cc1ccc(I)cc1-c1cnc(N)nc1N. The van der Waals surface area contributed by atoms with Crippen molar-refractivity contribution in [3.05, 3.63) is 33.5 Å². The van der Waals surface area contributed by atoms with Crippen molar-refractivity contribution in [1.29, 1.82) is 0 Å². The fraction of sp³-hybridized carbons (Fsp3) is 0.0909. The molecule has 0 unspecified atom stereocenters. The molecule has 2 aromatic rings. The molecule has 0 aliphatic carbocycles. The van der Waals surface area contributed by atoms with Crippen molar-refractivity contribution in [3.63, 3.8) is 0 Å². The summed E-state index contributed by atoms with van der Waals surface area (Å²) in [6.45, 7) is 2.03. The first-order chi connectivity index (χ1) is 7.58. The fourth-order valence-corrected chi connectivity index (χ4v) is 1.99. The molecule has 0 amide bonds. The quantitative estimate of drug-likeness (QED) is 0.788. The Kier molecular flexibility index (Phi) is 2.95. The number of anilines is 2. The topological polar surface area (TPSA) is 77.8 Å². The minimum Gasteiger partial charge on any atom is -0.383 e. The van der Waals surface area contributed by atoms with Crippen molar-refractivity contribution >= 4 is 34.4 Å². The molecule has 0 aliphatic rings. The van der Waals surface area contributed by atoms with Crippen LogP contribution in [0.25, 0.3) is 11.1 Å². The Balaban J connectivity index is 2.62. The number of nitrogens with two attached hydrogens (primary N) is 2. The van der Waals surface area contributed by atoms with E-state index in [1.165, 1.54) is 0 Å². The second-order valence-electron chi connectivity index (χ2n) is 3.49. The fourth-order valence-electron chi connectivity index (χ4n) is 1.50. The Morgan fingerprint density at radius 1 is 1.19 bits per heavy atom. The molecule has 4 N–H and O–H groups in total. The summed E-state index contributed by atoms with van der Waals surface area (Å²) in [4.78, 5) is 7.93. The largest absolute Gasteiger partial charge is 0.383 e. The number of nitrogens with zero attached hydrogens (tertiary/aromatic N) is 2. The third-order valence-corrected chi connectivity index (χ3v) is 3.00. The molecule has 1 aromatic heterocycles. The summed E-state index contributed by atoms with van der Waals surface area (Å²) in [6, 6.07) is 6.15. The van der Waals surface area contributed by atoms with Crippen molar-refractivity contribution in [2.24, 2.45) is 0 Å². The number of halogens is 1. The molecule has 0 spiro atoms. The molecule has 0 saturated heterocycles. The maximum Gasteiger partial charge on any atom is 0.221 e. The average molecular weight is 326 g/mol. The van der Waals surface area contributed by atoms with Crippen LogP contribution in [-0.4, -0.2) is 9.97 Å². The molecular formula is C11H11IN4. The Morgan fingerprint density at radius 2 is 1.94 bits per heavy atom. The van der Waals surface area contributed by atoms with E-state index in [2.05, 4.69) is 38.6 Å². The van der Waals surface area contributed by atoms with E-state index in [4.69, 9.17) is 11.5 Å². The monoisotopic (exact) mass is 326 g/mol. The lowest BCUT2D eigenvalue weighted by Crippen LogP contribution is -2.01. The molecule has 2 rings (SSSR count). The summed E-state index contributed by atoms with van der Waals surface area (Å²) in [6.07, 6.45) is 1.66. The molecule has 0 bridgehead atoms. The van der Waals surface area contributed by atoms with E-state index in [9.17, 15) is 0 Å². The summed E-state index contributed by atoms with van der Waals surface area (Å²) >= 11 is 2.26. The molecule has 16 heavy (non-hydrogen) atoms. The van der Waals surface area contributed by atoms with E-state index in [1.54, 1.807) is 6.20 Å². The number of aryl methyl sites for hydroxylation is 1. The van der Waals surface area contributed by atoms with E-state index >= 15 is 0 Å². The van der Waals surface area contributed by atoms with Gasteiger partial charge in [-0.1, -0.05) is 6.07 Å². The molecule has 1 heterocycles. The van der Waals surface area contributed by atoms with E-state index in [1.807, 2.05) is 19.1 Å². The molecule has 82 valence electrons. The molecular weight excluding hydrogens is 315 g/mol. The molecule has 0 atom stereocenters. The number of hydrogen-bond donors (Lipinski definition) is 2. The highest BCUT2D eigenvalue weighted by Crippen LogP contribution is 2.28. The van der Waals surface area contributed by atoms with Crippen LogP contribution in [0, 0.1) is 10.5 Å². The van der Waals surface area contributed by atoms with Gasteiger partial charge < -0.3 is 11.5 Å². The molecule has 5 heteroatoms. The predicted octanol–water partition coefficient (Wildman–Crippen LogP) is 2.22. The standard InChI is InChI=1S/C11H11IN4/c1-6-2-3-7(12)4-8(6)9-5-15-11(14)16-10(9)13/h2-5H,1H3,(H4,13,14,15,16). The lowest BCUT2D eigenvalue weighted by Gasteiger charge is -2.08. The minimum atomic E-state index is 0.199. The highest BCUT2D eigenvalue weighted by Gasteiger charge is 2.08. The maximum absolute atomic E-state index is 5.84. The van der Waals surface area contributed by atoms with Gasteiger partial charge >= 0.3 is 0 Å². The van der Waals surface area contributed by atoms with Gasteiger partial charge in [0.2, 0.25) is 5.95 Å². The van der Waals surface area contributed by atoms with Crippen molar-refractivity contribution in [3.8, 4) is 11.1 Å². The van der Waals surface area contributed by atoms with Gasteiger partial charge in [0.05, 0.1) is 0 Å². The molecule has 0 aliphatic heterocycles. The van der Waals surface area contributed by atoms with E-state index in [0.717, 1.165) is 20.3 Å². The normalized spacial score (nSPS) is 10.4. The van der Waals surface area contributed by atoms with E-state index in [0.29, 0.717) is 5.82 Å². The van der Waals surface area contributed by atoms with Crippen molar-refractivity contribution in [1.82, 2.24) is 9.97 Å². The molecule has 0 fully saturated rings. The van der Waals surface area contributed by atoms with Gasteiger partial charge in [0.15, 0.2) is 0 Å². The molecule has 1 aromatic carbocycles. The Morgan fingerprint density at radius 3 is 2.62 bits per heavy atom. The zero-order valence-electron chi connectivity index (χ0n) is 8.74. The molecule has 0 saturated carbocycles. The summed E-state index contributed by atoms with van der Waals surface area (Å²) < 4.78 is 1.15. The van der Waals surface area contributed by atoms with Crippen molar-refractivity contribution in [2.75, 3.05) is 11.5 Å². The zero-order valence-corrected chi connectivity index (χ0v) is 10.9. The summed E-state index contributed by atoms with van der Waals surface area (Å²) in [5.41, 5.74) is 14.3. The number of rotatable bonds is 1. The number of benzene rings is 1. The van der Waals surface area contributed by atoms with Crippen LogP contribution in [0.15, 0.2) is 24.4 Å². The van der Waals surface area contributed by atoms with Gasteiger partial charge in [-0.2, -0.15) is 4.98 Å². The van der Waals surface area contributed by atoms with Gasteiger partial charge in [-0.05, 0) is 52.8 Å². The average Bonchev–Trinajstić information content (AvgIpc) is 2.22. The third-order valence-electron chi connectivity index (χ3n) is 2.33. The second kappa shape index (κ2) is 4.25. The number of aromatic nitrogens is 2. The highest BCUT2D eigenvalue weighted by molar-refractivity contribution is 14.1. The van der Waals surface area contributed by atoms with Crippen LogP contribution < -0.4 is 11.5 Å². The van der Waals surface area contributed by atoms with Crippen molar-refractivity contribution in [2.45, 2.75) is 6.92 Å². The van der Waals surface area contributed by atoms with E-state index < -0.39 is 0 Å². The highest BCUT2D eigenvalue weighted by atomic mass is 127. The molecule has 0 radical (unpaired) electrons. The maximum atomic E-state index is 5.84. The van der Waals surface area contributed by atoms with Crippen LogP contribution in [0.1, 0.15) is 5.56 Å².